The Balaban J connectivity index is 2.79. The maximum Gasteiger partial charge on any atom is 0.270 e. The zero-order valence-electron chi connectivity index (χ0n) is 9.69. The highest BCUT2D eigenvalue weighted by Crippen LogP contribution is 2.20. The van der Waals surface area contributed by atoms with Crippen molar-refractivity contribution in [1.29, 1.82) is 5.26 Å². The van der Waals surface area contributed by atoms with E-state index in [1.54, 1.807) is 6.07 Å². The van der Waals surface area contributed by atoms with Crippen LogP contribution in [0.2, 0.25) is 0 Å². The molecule has 0 aromatic carbocycles. The summed E-state index contributed by atoms with van der Waals surface area (Å²) < 4.78 is 1.51. The Labute approximate surface area is 98.4 Å². The van der Waals surface area contributed by atoms with Crippen molar-refractivity contribution in [2.75, 3.05) is 5.32 Å². The Morgan fingerprint density at radius 2 is 2.41 bits per heavy atom. The number of nitrogens with zero attached hydrogens (tertiary/aromatic N) is 3. The first-order valence-corrected chi connectivity index (χ1v) is 5.33. The summed E-state index contributed by atoms with van der Waals surface area (Å²) in [6.45, 7) is 4.13. The summed E-state index contributed by atoms with van der Waals surface area (Å²) in [7, 11) is 0. The number of aromatic nitrogens is 1. The van der Waals surface area contributed by atoms with Crippen LogP contribution in [0, 0.1) is 11.3 Å². The number of aliphatic imine (C=N–C) groups is 1. The minimum Gasteiger partial charge on any atom is -0.337 e. The van der Waals surface area contributed by atoms with Gasteiger partial charge in [0.15, 0.2) is 6.29 Å². The average Bonchev–Trinajstić information content (AvgIpc) is 2.28. The summed E-state index contributed by atoms with van der Waals surface area (Å²) >= 11 is 0. The summed E-state index contributed by atoms with van der Waals surface area (Å²) in [4.78, 5) is 16.1. The van der Waals surface area contributed by atoms with Gasteiger partial charge in [0.2, 0.25) is 0 Å². The van der Waals surface area contributed by atoms with Crippen LogP contribution in [0.3, 0.4) is 0 Å². The van der Waals surface area contributed by atoms with E-state index in [0.717, 1.165) is 11.3 Å². The van der Waals surface area contributed by atoms with Crippen LogP contribution < -0.4 is 16.6 Å². The maximum absolute atomic E-state index is 11.9. The van der Waals surface area contributed by atoms with Gasteiger partial charge in [0.05, 0.1) is 0 Å². The molecule has 0 saturated carbocycles. The predicted molar refractivity (Wildman–Crippen MR) is 64.9 cm³/mol. The molecule has 0 fully saturated rings. The van der Waals surface area contributed by atoms with Crippen molar-refractivity contribution in [2.24, 2.45) is 10.7 Å². The van der Waals surface area contributed by atoms with E-state index in [1.807, 2.05) is 19.9 Å². The van der Waals surface area contributed by atoms with Gasteiger partial charge < -0.3 is 5.32 Å². The molecule has 1 aromatic heterocycles. The summed E-state index contributed by atoms with van der Waals surface area (Å²) in [6.07, 6.45) is -0.548. The van der Waals surface area contributed by atoms with Gasteiger partial charge >= 0.3 is 0 Å². The van der Waals surface area contributed by atoms with E-state index in [1.165, 1.54) is 4.57 Å². The van der Waals surface area contributed by atoms with Gasteiger partial charge in [-0.2, -0.15) is 5.26 Å². The smallest absolute Gasteiger partial charge is 0.270 e. The molecule has 1 atom stereocenters. The number of rotatable bonds is 1. The van der Waals surface area contributed by atoms with Gasteiger partial charge in [-0.25, -0.2) is 0 Å². The molecule has 1 aliphatic rings. The van der Waals surface area contributed by atoms with Crippen LogP contribution in [0.15, 0.2) is 15.9 Å². The minimum absolute atomic E-state index is 0.123. The average molecular weight is 231 g/mol. The van der Waals surface area contributed by atoms with Crippen LogP contribution in [0.1, 0.15) is 25.0 Å². The van der Waals surface area contributed by atoms with E-state index in [4.69, 9.17) is 11.0 Å². The largest absolute Gasteiger partial charge is 0.337 e. The lowest BCUT2D eigenvalue weighted by Crippen LogP contribution is -2.37. The molecule has 1 aromatic rings. The second-order valence-corrected chi connectivity index (χ2v) is 3.79. The zero-order chi connectivity index (χ0) is 12.6. The molecular weight excluding hydrogens is 218 g/mol. The third-order valence-electron chi connectivity index (χ3n) is 2.73. The molecule has 3 N–H and O–H groups in total. The fourth-order valence-corrected chi connectivity index (χ4v) is 1.93. The summed E-state index contributed by atoms with van der Waals surface area (Å²) in [5.74, 6) is 0.636. The highest BCUT2D eigenvalue weighted by Gasteiger charge is 2.20. The molecule has 2 rings (SSSR count). The molecule has 17 heavy (non-hydrogen) atoms. The number of nitrogens with one attached hydrogen (secondary N) is 1. The number of hydrogen-bond acceptors (Lipinski definition) is 5. The molecule has 0 amide bonds. The van der Waals surface area contributed by atoms with Crippen LogP contribution in [0.4, 0.5) is 5.82 Å². The summed E-state index contributed by atoms with van der Waals surface area (Å²) in [5, 5.41) is 11.9. The van der Waals surface area contributed by atoms with Crippen molar-refractivity contribution in [3.8, 4) is 6.07 Å². The number of pyridine rings is 1. The number of anilines is 1. The van der Waals surface area contributed by atoms with E-state index in [-0.39, 0.29) is 11.1 Å². The van der Waals surface area contributed by atoms with Crippen molar-refractivity contribution in [1.82, 2.24) is 4.57 Å². The monoisotopic (exact) mass is 231 g/mol. The number of nitrogens with two attached hydrogens (primary N) is 1. The van der Waals surface area contributed by atoms with Gasteiger partial charge in [-0.05, 0) is 19.9 Å². The summed E-state index contributed by atoms with van der Waals surface area (Å²) in [5.41, 5.74) is 7.01. The number of fused-ring (bicyclic) bond motifs is 1. The van der Waals surface area contributed by atoms with Crippen LogP contribution in [-0.2, 0) is 6.54 Å². The molecule has 0 bridgehead atoms. The van der Waals surface area contributed by atoms with Gasteiger partial charge in [0, 0.05) is 17.8 Å². The van der Waals surface area contributed by atoms with Gasteiger partial charge in [-0.15, -0.1) is 0 Å². The Kier molecular flexibility index (Phi) is 2.69. The molecule has 1 aliphatic heterocycles. The molecule has 0 saturated heterocycles. The minimum atomic E-state index is -0.548. The molecule has 6 nitrogen and oxygen atoms in total. The molecule has 0 spiro atoms. The second kappa shape index (κ2) is 4.03. The second-order valence-electron chi connectivity index (χ2n) is 3.79. The third kappa shape index (κ3) is 1.70. The molecule has 88 valence electrons. The van der Waals surface area contributed by atoms with Crippen molar-refractivity contribution < 1.29 is 0 Å². The third-order valence-corrected chi connectivity index (χ3v) is 2.73. The Hall–Kier alpha value is -2.13. The fraction of sp³-hybridized carbons (Fsp3) is 0.364. The van der Waals surface area contributed by atoms with E-state index >= 15 is 0 Å². The van der Waals surface area contributed by atoms with E-state index in [2.05, 4.69) is 10.3 Å². The number of nitriles is 1. The van der Waals surface area contributed by atoms with Crippen molar-refractivity contribution >= 4 is 11.5 Å². The predicted octanol–water partition coefficient (Wildman–Crippen LogP) is 0.217. The fourth-order valence-electron chi connectivity index (χ4n) is 1.93. The SMILES string of the molecule is CCn1c2c(cc(C#N)c1=O)C(C)=NC(N)N2. The van der Waals surface area contributed by atoms with Crippen LogP contribution >= 0.6 is 0 Å². The van der Waals surface area contributed by atoms with Crippen LogP contribution in [0.25, 0.3) is 0 Å². The standard InChI is InChI=1S/C11H13N5O/c1-3-16-9-8(4-7(5-12)10(16)17)6(2)14-11(13)15-9/h4,11,15H,3,13H2,1-2H3. The first-order valence-electron chi connectivity index (χ1n) is 5.33. The topological polar surface area (TPSA) is 96.2 Å². The quantitative estimate of drug-likeness (QED) is 0.722. The first kappa shape index (κ1) is 11.4. The molecule has 1 unspecified atom stereocenters. The first-order chi connectivity index (χ1) is 8.08. The zero-order valence-corrected chi connectivity index (χ0v) is 9.69. The van der Waals surface area contributed by atoms with Gasteiger partial charge in [0.25, 0.3) is 5.56 Å². The molecule has 0 radical (unpaired) electrons. The van der Waals surface area contributed by atoms with Gasteiger partial charge in [-0.1, -0.05) is 0 Å². The Bertz CT molecular complexity index is 593. The lowest BCUT2D eigenvalue weighted by atomic mass is 10.1. The van der Waals surface area contributed by atoms with Crippen molar-refractivity contribution in [3.63, 3.8) is 0 Å². The van der Waals surface area contributed by atoms with E-state index in [9.17, 15) is 4.79 Å². The normalized spacial score (nSPS) is 17.8. The van der Waals surface area contributed by atoms with E-state index < -0.39 is 6.29 Å². The van der Waals surface area contributed by atoms with Crippen molar-refractivity contribution in [3.05, 3.63) is 27.5 Å². The summed E-state index contributed by atoms with van der Waals surface area (Å²) in [6, 6.07) is 3.46. The molecule has 2 heterocycles. The Morgan fingerprint density at radius 3 is 3.00 bits per heavy atom. The van der Waals surface area contributed by atoms with Gasteiger partial charge in [-0.3, -0.25) is 20.1 Å². The highest BCUT2D eigenvalue weighted by molar-refractivity contribution is 6.04. The molecule has 6 heteroatoms. The van der Waals surface area contributed by atoms with Crippen LogP contribution in [-0.4, -0.2) is 16.6 Å². The van der Waals surface area contributed by atoms with Crippen LogP contribution in [0.5, 0.6) is 0 Å². The van der Waals surface area contributed by atoms with Crippen molar-refractivity contribution in [2.45, 2.75) is 26.7 Å². The van der Waals surface area contributed by atoms with Gasteiger partial charge in [0.1, 0.15) is 17.5 Å². The lowest BCUT2D eigenvalue weighted by molar-refractivity contribution is 0.696. The lowest BCUT2D eigenvalue weighted by Gasteiger charge is -2.24. The number of hydrogen-bond donors (Lipinski definition) is 2. The highest BCUT2D eigenvalue weighted by atomic mass is 16.1. The maximum atomic E-state index is 11.9. The molecular formula is C11H13N5O. The molecule has 0 aliphatic carbocycles. The Morgan fingerprint density at radius 1 is 1.71 bits per heavy atom. The van der Waals surface area contributed by atoms with E-state index in [0.29, 0.717) is 12.4 Å².